The van der Waals surface area contributed by atoms with Gasteiger partial charge in [-0.15, -0.1) is 23.2 Å². The van der Waals surface area contributed by atoms with Crippen molar-refractivity contribution < 1.29 is 0 Å². The fourth-order valence-electron chi connectivity index (χ4n) is 0. The molecule has 0 fully saturated rings. The van der Waals surface area contributed by atoms with Crippen LogP contribution in [0.3, 0.4) is 0 Å². The standard InChI is InChI=1S/CH2Cl2.CH2N2/c2*2-1-3/h1H2;2H2. The zero-order chi connectivity index (χ0) is 5.41. The Balaban J connectivity index is 0. The molecule has 0 aliphatic carbocycles. The molecule has 6 heavy (non-hydrogen) atoms. The van der Waals surface area contributed by atoms with Gasteiger partial charge in [0, 0.05) is 0 Å². The predicted molar refractivity (Wildman–Crippen MR) is 26.4 cm³/mol. The number of hydrogen-bond donors (Lipinski definition) is 1. The Morgan fingerprint density at radius 2 is 1.67 bits per heavy atom. The molecule has 0 aliphatic rings. The summed E-state index contributed by atoms with van der Waals surface area (Å²) in [6.07, 6.45) is 1.25. The van der Waals surface area contributed by atoms with E-state index in [0.29, 0.717) is 0 Å². The van der Waals surface area contributed by atoms with Gasteiger partial charge in [-0.2, -0.15) is 5.26 Å². The van der Waals surface area contributed by atoms with Gasteiger partial charge in [0.25, 0.3) is 0 Å². The van der Waals surface area contributed by atoms with Gasteiger partial charge in [0.1, 0.15) is 0 Å². The molecule has 0 saturated carbocycles. The zero-order valence-electron chi connectivity index (χ0n) is 2.99. The number of rotatable bonds is 0. The van der Waals surface area contributed by atoms with Crippen LogP contribution in [0.25, 0.3) is 0 Å². The highest BCUT2D eigenvalue weighted by molar-refractivity contribution is 6.40. The van der Waals surface area contributed by atoms with Crippen molar-refractivity contribution in [3.8, 4) is 6.19 Å². The lowest BCUT2D eigenvalue weighted by Gasteiger charge is -1.42. The molecule has 0 rings (SSSR count). The van der Waals surface area contributed by atoms with Crippen LogP contribution in [0, 0.1) is 11.5 Å². The molecule has 0 aromatic carbocycles. The van der Waals surface area contributed by atoms with E-state index in [1.54, 1.807) is 0 Å². The number of alkyl halides is 2. The summed E-state index contributed by atoms with van der Waals surface area (Å²) in [5.41, 5.74) is 4.15. The summed E-state index contributed by atoms with van der Waals surface area (Å²) in [6.45, 7) is 0. The van der Waals surface area contributed by atoms with Crippen molar-refractivity contribution in [2.75, 3.05) is 5.34 Å². The first kappa shape index (κ1) is 9.30. The molecule has 0 bridgehead atoms. The maximum atomic E-state index is 7.10. The summed E-state index contributed by atoms with van der Waals surface area (Å²) in [4.78, 5) is 0. The molecule has 0 spiro atoms. The van der Waals surface area contributed by atoms with Crippen molar-refractivity contribution in [1.82, 2.24) is 0 Å². The Labute approximate surface area is 46.4 Å². The summed E-state index contributed by atoms with van der Waals surface area (Å²) in [7, 11) is 0. The molecule has 2 N–H and O–H groups in total. The van der Waals surface area contributed by atoms with Crippen LogP contribution in [0.15, 0.2) is 0 Å². The Morgan fingerprint density at radius 3 is 1.67 bits per heavy atom. The van der Waals surface area contributed by atoms with Gasteiger partial charge in [0.05, 0.1) is 5.34 Å². The predicted octanol–water partition coefficient (Wildman–Crippen LogP) is 0.848. The fourth-order valence-corrected chi connectivity index (χ4v) is 0. The van der Waals surface area contributed by atoms with Crippen LogP contribution in [0.1, 0.15) is 0 Å². The number of nitrogens with two attached hydrogens (primary N) is 1. The van der Waals surface area contributed by atoms with Gasteiger partial charge in [0.2, 0.25) is 0 Å². The van der Waals surface area contributed by atoms with Crippen molar-refractivity contribution >= 4 is 23.2 Å². The van der Waals surface area contributed by atoms with E-state index < -0.39 is 0 Å². The normalized spacial score (nSPS) is 4.17. The molecule has 0 saturated heterocycles. The van der Waals surface area contributed by atoms with Crippen molar-refractivity contribution in [2.45, 2.75) is 0 Å². The second kappa shape index (κ2) is 20.9. The average Bonchev–Trinajstić information content (AvgIpc) is 1.39. The lowest BCUT2D eigenvalue weighted by molar-refractivity contribution is 1.45. The van der Waals surface area contributed by atoms with E-state index in [-0.39, 0.29) is 5.34 Å². The van der Waals surface area contributed by atoms with Crippen molar-refractivity contribution in [2.24, 2.45) is 5.73 Å². The van der Waals surface area contributed by atoms with E-state index >= 15 is 0 Å². The average molecular weight is 127 g/mol. The minimum absolute atomic E-state index is 0.194. The van der Waals surface area contributed by atoms with Crippen LogP contribution in [0.5, 0.6) is 0 Å². The summed E-state index contributed by atoms with van der Waals surface area (Å²) in [5.74, 6) is 0. The van der Waals surface area contributed by atoms with Crippen LogP contribution in [0.4, 0.5) is 0 Å². The number of halogens is 2. The lowest BCUT2D eigenvalue weighted by Crippen LogP contribution is -1.69. The largest absolute Gasteiger partial charge is 0.337 e. The minimum Gasteiger partial charge on any atom is -0.337 e. The molecule has 2 nitrogen and oxygen atoms in total. The van der Waals surface area contributed by atoms with Crippen molar-refractivity contribution in [3.63, 3.8) is 0 Å². The van der Waals surface area contributed by atoms with Gasteiger partial charge in [0.15, 0.2) is 6.19 Å². The molecule has 0 amide bonds. The van der Waals surface area contributed by atoms with Gasteiger partial charge in [-0.1, -0.05) is 0 Å². The van der Waals surface area contributed by atoms with Crippen molar-refractivity contribution in [1.29, 1.82) is 5.26 Å². The molecule has 0 aliphatic heterocycles. The molecule has 0 aromatic heterocycles. The zero-order valence-corrected chi connectivity index (χ0v) is 4.50. The molecule has 0 unspecified atom stereocenters. The van der Waals surface area contributed by atoms with E-state index in [1.807, 2.05) is 0 Å². The maximum absolute atomic E-state index is 7.10. The molecule has 0 heterocycles. The molecular weight excluding hydrogens is 123 g/mol. The van der Waals surface area contributed by atoms with E-state index in [1.165, 1.54) is 6.19 Å². The Kier molecular flexibility index (Phi) is 32.3. The highest BCUT2D eigenvalue weighted by Gasteiger charge is 1.41. The van der Waals surface area contributed by atoms with E-state index in [2.05, 4.69) is 5.73 Å². The highest BCUT2D eigenvalue weighted by atomic mass is 35.5. The topological polar surface area (TPSA) is 49.8 Å². The first-order chi connectivity index (χ1) is 2.83. The smallest absolute Gasteiger partial charge is 0.173 e. The van der Waals surface area contributed by atoms with Crippen molar-refractivity contribution in [3.05, 3.63) is 0 Å². The second-order valence-electron chi connectivity index (χ2n) is 0.230. The summed E-state index contributed by atoms with van der Waals surface area (Å²) in [6, 6.07) is 0. The minimum atomic E-state index is 0.194. The van der Waals surface area contributed by atoms with Gasteiger partial charge in [-0.05, 0) is 0 Å². The third-order valence-corrected chi connectivity index (χ3v) is 0. The maximum Gasteiger partial charge on any atom is 0.173 e. The summed E-state index contributed by atoms with van der Waals surface area (Å²) < 4.78 is 0. The molecule has 0 radical (unpaired) electrons. The number of nitrogens with zero attached hydrogens (tertiary/aromatic N) is 1. The second-order valence-corrected chi connectivity index (χ2v) is 1.04. The summed E-state index contributed by atoms with van der Waals surface area (Å²) >= 11 is 9.53. The van der Waals surface area contributed by atoms with Gasteiger partial charge < -0.3 is 5.73 Å². The number of nitriles is 1. The third-order valence-electron chi connectivity index (χ3n) is 0. The van der Waals surface area contributed by atoms with Crippen LogP contribution in [-0.4, -0.2) is 5.34 Å². The van der Waals surface area contributed by atoms with E-state index in [4.69, 9.17) is 28.5 Å². The molecule has 0 aromatic rings. The lowest BCUT2D eigenvalue weighted by atomic mass is 11.5. The SMILES string of the molecule is ClCCl.N#CN. The molecular formula is C2H4Cl2N2. The Morgan fingerprint density at radius 1 is 1.67 bits per heavy atom. The first-order valence-electron chi connectivity index (χ1n) is 1.05. The van der Waals surface area contributed by atoms with Crippen LogP contribution in [-0.2, 0) is 0 Å². The van der Waals surface area contributed by atoms with Crippen LogP contribution < -0.4 is 5.73 Å². The van der Waals surface area contributed by atoms with E-state index in [9.17, 15) is 0 Å². The molecule has 0 atom stereocenters. The highest BCUT2D eigenvalue weighted by Crippen LogP contribution is 1.73. The quantitative estimate of drug-likeness (QED) is 0.298. The Bertz CT molecular complexity index is 39.3. The summed E-state index contributed by atoms with van der Waals surface area (Å²) in [5, 5.41) is 7.29. The van der Waals surface area contributed by atoms with Gasteiger partial charge in [-0.25, -0.2) is 0 Å². The first-order valence-corrected chi connectivity index (χ1v) is 2.12. The third kappa shape index (κ3) is 1890. The molecule has 4 heteroatoms. The monoisotopic (exact) mass is 126 g/mol. The van der Waals surface area contributed by atoms with Gasteiger partial charge in [-0.3, -0.25) is 0 Å². The molecule has 36 valence electrons. The van der Waals surface area contributed by atoms with Crippen LogP contribution >= 0.6 is 23.2 Å². The van der Waals surface area contributed by atoms with Gasteiger partial charge >= 0.3 is 0 Å². The number of hydrogen-bond acceptors (Lipinski definition) is 2. The Hall–Kier alpha value is -0.130. The fraction of sp³-hybridized carbons (Fsp3) is 0.500. The van der Waals surface area contributed by atoms with Crippen LogP contribution in [0.2, 0.25) is 0 Å². The van der Waals surface area contributed by atoms with E-state index in [0.717, 1.165) is 0 Å².